The van der Waals surface area contributed by atoms with Crippen LogP contribution in [-0.4, -0.2) is 11.5 Å². The number of anilines is 1. The van der Waals surface area contributed by atoms with Crippen molar-refractivity contribution in [2.75, 3.05) is 11.9 Å². The number of thiazole rings is 1. The van der Waals surface area contributed by atoms with Gasteiger partial charge in [-0.15, -0.1) is 0 Å². The molecular weight excluding hydrogens is 297 g/mol. The lowest BCUT2D eigenvalue weighted by atomic mass is 10.1. The van der Waals surface area contributed by atoms with Crippen LogP contribution in [0, 0.1) is 11.8 Å². The fourth-order valence-electron chi connectivity index (χ4n) is 2.92. The molecule has 1 fully saturated rings. The van der Waals surface area contributed by atoms with Crippen molar-refractivity contribution in [1.29, 1.82) is 0 Å². The van der Waals surface area contributed by atoms with E-state index in [9.17, 15) is 13.2 Å². The van der Waals surface area contributed by atoms with Gasteiger partial charge in [-0.1, -0.05) is 24.7 Å². The van der Waals surface area contributed by atoms with Crippen LogP contribution in [0.1, 0.15) is 31.7 Å². The molecule has 2 aromatic rings. The van der Waals surface area contributed by atoms with Gasteiger partial charge in [-0.25, -0.2) is 4.98 Å². The molecule has 2 atom stereocenters. The summed E-state index contributed by atoms with van der Waals surface area (Å²) in [6.45, 7) is 3.12. The summed E-state index contributed by atoms with van der Waals surface area (Å²) in [5, 5.41) is 3.99. The van der Waals surface area contributed by atoms with Gasteiger partial charge in [-0.2, -0.15) is 13.2 Å². The summed E-state index contributed by atoms with van der Waals surface area (Å²) in [6.07, 6.45) is -0.611. The lowest BCUT2D eigenvalue weighted by Gasteiger charge is -2.09. The molecule has 0 radical (unpaired) electrons. The van der Waals surface area contributed by atoms with Crippen LogP contribution >= 0.6 is 11.3 Å². The van der Waals surface area contributed by atoms with Crippen molar-refractivity contribution in [1.82, 2.24) is 4.98 Å². The molecule has 1 saturated carbocycles. The van der Waals surface area contributed by atoms with Gasteiger partial charge in [0.1, 0.15) is 0 Å². The molecule has 1 N–H and O–H groups in total. The molecule has 0 saturated heterocycles. The quantitative estimate of drug-likeness (QED) is 0.846. The van der Waals surface area contributed by atoms with Crippen LogP contribution in [0.3, 0.4) is 0 Å². The molecule has 0 aliphatic heterocycles. The van der Waals surface area contributed by atoms with E-state index in [1.165, 1.54) is 36.7 Å². The number of benzene rings is 1. The predicted molar refractivity (Wildman–Crippen MR) is 79.6 cm³/mol. The highest BCUT2D eigenvalue weighted by atomic mass is 32.1. The summed E-state index contributed by atoms with van der Waals surface area (Å²) in [6, 6.07) is 3.73. The van der Waals surface area contributed by atoms with E-state index < -0.39 is 11.7 Å². The SMILES string of the molecule is CC1CCC(CNc2nc3cc(C(F)(F)F)ccc3s2)C1. The Morgan fingerprint density at radius 2 is 2.14 bits per heavy atom. The third-order valence-corrected chi connectivity index (χ3v) is 5.05. The molecule has 1 aliphatic carbocycles. The Morgan fingerprint density at radius 3 is 2.81 bits per heavy atom. The minimum Gasteiger partial charge on any atom is -0.361 e. The lowest BCUT2D eigenvalue weighted by Crippen LogP contribution is -2.11. The number of nitrogens with one attached hydrogen (secondary N) is 1. The van der Waals surface area contributed by atoms with E-state index in [2.05, 4.69) is 17.2 Å². The topological polar surface area (TPSA) is 24.9 Å². The molecule has 3 rings (SSSR count). The number of rotatable bonds is 3. The summed E-state index contributed by atoms with van der Waals surface area (Å²) in [5.74, 6) is 1.43. The predicted octanol–water partition coefficient (Wildman–Crippen LogP) is 5.16. The molecule has 1 aromatic carbocycles. The van der Waals surface area contributed by atoms with Crippen LogP contribution in [-0.2, 0) is 6.18 Å². The number of nitrogens with zero attached hydrogens (tertiary/aromatic N) is 1. The number of aromatic nitrogens is 1. The van der Waals surface area contributed by atoms with Crippen molar-refractivity contribution in [3.05, 3.63) is 23.8 Å². The molecule has 2 unspecified atom stereocenters. The first-order chi connectivity index (χ1) is 9.91. The molecule has 0 spiro atoms. The van der Waals surface area contributed by atoms with Gasteiger partial charge in [-0.05, 0) is 42.9 Å². The third kappa shape index (κ3) is 3.31. The van der Waals surface area contributed by atoms with E-state index in [0.717, 1.165) is 29.3 Å². The summed E-state index contributed by atoms with van der Waals surface area (Å²) < 4.78 is 38.8. The van der Waals surface area contributed by atoms with Gasteiger partial charge in [0.05, 0.1) is 15.8 Å². The van der Waals surface area contributed by atoms with Gasteiger partial charge in [0.2, 0.25) is 0 Å². The molecule has 1 aromatic heterocycles. The van der Waals surface area contributed by atoms with Gasteiger partial charge in [0.15, 0.2) is 5.13 Å². The molecule has 114 valence electrons. The van der Waals surface area contributed by atoms with Gasteiger partial charge in [0.25, 0.3) is 0 Å². The van der Waals surface area contributed by atoms with Crippen LogP contribution in [0.2, 0.25) is 0 Å². The van der Waals surface area contributed by atoms with Crippen LogP contribution in [0.15, 0.2) is 18.2 Å². The number of halogens is 3. The molecule has 21 heavy (non-hydrogen) atoms. The Kier molecular flexibility index (Phi) is 3.82. The van der Waals surface area contributed by atoms with Crippen LogP contribution < -0.4 is 5.32 Å². The van der Waals surface area contributed by atoms with Crippen LogP contribution in [0.4, 0.5) is 18.3 Å². The minimum atomic E-state index is -4.31. The van der Waals surface area contributed by atoms with Gasteiger partial charge < -0.3 is 5.32 Å². The van der Waals surface area contributed by atoms with Crippen molar-refractivity contribution in [3.63, 3.8) is 0 Å². The molecule has 1 aliphatic rings. The highest BCUT2D eigenvalue weighted by Gasteiger charge is 2.30. The van der Waals surface area contributed by atoms with E-state index in [1.54, 1.807) is 0 Å². The third-order valence-electron chi connectivity index (χ3n) is 4.06. The molecule has 6 heteroatoms. The zero-order chi connectivity index (χ0) is 15.0. The summed E-state index contributed by atoms with van der Waals surface area (Å²) in [5.41, 5.74) is -0.228. The Morgan fingerprint density at radius 1 is 1.33 bits per heavy atom. The zero-order valence-corrected chi connectivity index (χ0v) is 12.5. The van der Waals surface area contributed by atoms with Crippen molar-refractivity contribution >= 4 is 26.7 Å². The average Bonchev–Trinajstić information content (AvgIpc) is 2.99. The second kappa shape index (κ2) is 5.48. The lowest BCUT2D eigenvalue weighted by molar-refractivity contribution is -0.137. The van der Waals surface area contributed by atoms with E-state index in [0.29, 0.717) is 16.6 Å². The average molecular weight is 314 g/mol. The summed E-state index contributed by atoms with van der Waals surface area (Å²) in [7, 11) is 0. The fraction of sp³-hybridized carbons (Fsp3) is 0.533. The maximum atomic E-state index is 12.7. The zero-order valence-electron chi connectivity index (χ0n) is 11.7. The van der Waals surface area contributed by atoms with Crippen molar-refractivity contribution in [2.45, 2.75) is 32.4 Å². The highest BCUT2D eigenvalue weighted by molar-refractivity contribution is 7.22. The smallest absolute Gasteiger partial charge is 0.361 e. The second-order valence-corrected chi connectivity index (χ2v) is 6.90. The van der Waals surface area contributed by atoms with Crippen LogP contribution in [0.25, 0.3) is 10.2 Å². The van der Waals surface area contributed by atoms with Crippen molar-refractivity contribution < 1.29 is 13.2 Å². The summed E-state index contributed by atoms with van der Waals surface area (Å²) >= 11 is 1.41. The van der Waals surface area contributed by atoms with E-state index in [1.807, 2.05) is 0 Å². The van der Waals surface area contributed by atoms with Crippen molar-refractivity contribution in [3.8, 4) is 0 Å². The first kappa shape index (κ1) is 14.6. The van der Waals surface area contributed by atoms with E-state index >= 15 is 0 Å². The fourth-order valence-corrected chi connectivity index (χ4v) is 3.77. The Labute approximate surface area is 125 Å². The molecular formula is C15H17F3N2S. The number of alkyl halides is 3. The molecule has 0 bridgehead atoms. The second-order valence-electron chi connectivity index (χ2n) is 5.86. The van der Waals surface area contributed by atoms with E-state index in [4.69, 9.17) is 0 Å². The van der Waals surface area contributed by atoms with Gasteiger partial charge >= 0.3 is 6.18 Å². The van der Waals surface area contributed by atoms with E-state index in [-0.39, 0.29) is 0 Å². The monoisotopic (exact) mass is 314 g/mol. The first-order valence-corrected chi connectivity index (χ1v) is 7.95. The standard InChI is InChI=1S/C15H17F3N2S/c1-9-2-3-10(6-9)8-19-14-20-12-7-11(15(16,17)18)4-5-13(12)21-14/h4-5,7,9-10H,2-3,6,8H2,1H3,(H,19,20). The van der Waals surface area contributed by atoms with Gasteiger partial charge in [-0.3, -0.25) is 0 Å². The maximum Gasteiger partial charge on any atom is 0.416 e. The molecule has 0 amide bonds. The minimum absolute atomic E-state index is 0.414. The Hall–Kier alpha value is -1.30. The Bertz CT molecular complexity index is 635. The first-order valence-electron chi connectivity index (χ1n) is 7.13. The molecule has 1 heterocycles. The Balaban J connectivity index is 1.72. The largest absolute Gasteiger partial charge is 0.416 e. The number of hydrogen-bond acceptors (Lipinski definition) is 3. The highest BCUT2D eigenvalue weighted by Crippen LogP contribution is 2.35. The van der Waals surface area contributed by atoms with Gasteiger partial charge in [0, 0.05) is 6.54 Å². The summed E-state index contributed by atoms with van der Waals surface area (Å²) in [4.78, 5) is 4.27. The number of fused-ring (bicyclic) bond motifs is 1. The molecule has 2 nitrogen and oxygen atoms in total. The van der Waals surface area contributed by atoms with Crippen LogP contribution in [0.5, 0.6) is 0 Å². The van der Waals surface area contributed by atoms with Crippen molar-refractivity contribution in [2.24, 2.45) is 11.8 Å². The number of hydrogen-bond donors (Lipinski definition) is 1. The normalized spacial score (nSPS) is 22.9. The maximum absolute atomic E-state index is 12.7.